The van der Waals surface area contributed by atoms with Crippen LogP contribution in [0.15, 0.2) is 24.3 Å². The number of piperidine rings is 1. The number of thioether (sulfide) groups is 1. The van der Waals surface area contributed by atoms with E-state index in [0.29, 0.717) is 18.9 Å². The maximum Gasteiger partial charge on any atom is 0.246 e. The lowest BCUT2D eigenvalue weighted by atomic mass is 9.90. The second kappa shape index (κ2) is 8.58. The average Bonchev–Trinajstić information content (AvgIpc) is 3.23. The van der Waals surface area contributed by atoms with Gasteiger partial charge in [-0.1, -0.05) is 12.1 Å². The molecule has 0 radical (unpaired) electrons. The van der Waals surface area contributed by atoms with Gasteiger partial charge in [-0.15, -0.1) is 11.8 Å². The molecule has 29 heavy (non-hydrogen) atoms. The maximum absolute atomic E-state index is 13.1. The fourth-order valence-electron chi connectivity index (χ4n) is 4.95. The van der Waals surface area contributed by atoms with Gasteiger partial charge in [0.25, 0.3) is 0 Å². The molecule has 0 aliphatic carbocycles. The van der Waals surface area contributed by atoms with Crippen LogP contribution in [-0.4, -0.2) is 58.0 Å². The largest absolute Gasteiger partial charge is 0.494 e. The molecule has 3 saturated heterocycles. The number of rotatable bonds is 6. The molecule has 5 nitrogen and oxygen atoms in total. The van der Waals surface area contributed by atoms with Crippen molar-refractivity contribution in [3.8, 4) is 5.75 Å². The van der Waals surface area contributed by atoms with Crippen LogP contribution in [-0.2, 0) is 16.0 Å². The summed E-state index contributed by atoms with van der Waals surface area (Å²) >= 11 is 1.78. The van der Waals surface area contributed by atoms with Crippen LogP contribution in [0.4, 0.5) is 0 Å². The maximum atomic E-state index is 13.1. The summed E-state index contributed by atoms with van der Waals surface area (Å²) < 4.78 is 5.51. The number of ether oxygens (including phenoxy) is 1. The van der Waals surface area contributed by atoms with Crippen molar-refractivity contribution < 1.29 is 14.3 Å². The lowest BCUT2D eigenvalue weighted by Crippen LogP contribution is -2.52. The Kier molecular flexibility index (Phi) is 6.09. The summed E-state index contributed by atoms with van der Waals surface area (Å²) in [6, 6.07) is 8.16. The van der Waals surface area contributed by atoms with Gasteiger partial charge in [0.15, 0.2) is 0 Å². The van der Waals surface area contributed by atoms with E-state index in [4.69, 9.17) is 4.74 Å². The first-order valence-electron chi connectivity index (χ1n) is 11.0. The Morgan fingerprint density at radius 3 is 2.66 bits per heavy atom. The Morgan fingerprint density at radius 1 is 1.24 bits per heavy atom. The second-order valence-corrected chi connectivity index (χ2v) is 10.2. The molecule has 3 aliphatic heterocycles. The van der Waals surface area contributed by atoms with E-state index >= 15 is 0 Å². The Balaban J connectivity index is 1.25. The molecule has 0 aromatic heterocycles. The summed E-state index contributed by atoms with van der Waals surface area (Å²) in [5.41, 5.74) is 1.35. The van der Waals surface area contributed by atoms with E-state index in [1.54, 1.807) is 11.8 Å². The minimum Gasteiger partial charge on any atom is -0.494 e. The third-order valence-electron chi connectivity index (χ3n) is 6.73. The first-order valence-corrected chi connectivity index (χ1v) is 12.0. The van der Waals surface area contributed by atoms with Crippen molar-refractivity contribution in [2.75, 3.05) is 25.4 Å². The van der Waals surface area contributed by atoms with Crippen LogP contribution in [0, 0.1) is 5.92 Å². The standard InChI is InChI=1S/C23H32N2O3S/c1-3-28-19-8-6-17(7-9-19)4-5-18-11-14-24(15-12-18)22(27)20-16-29-23(2)13-10-21(26)25(20)23/h6-9,18,20H,3-5,10-16H2,1-2H3/t20-,23+/m1/s1. The van der Waals surface area contributed by atoms with Crippen molar-refractivity contribution in [1.82, 2.24) is 9.80 Å². The zero-order chi connectivity index (χ0) is 20.4. The fraction of sp³-hybridized carbons (Fsp3) is 0.652. The Morgan fingerprint density at radius 2 is 1.97 bits per heavy atom. The first kappa shape index (κ1) is 20.6. The van der Waals surface area contributed by atoms with Gasteiger partial charge in [-0.3, -0.25) is 9.59 Å². The van der Waals surface area contributed by atoms with Crippen LogP contribution >= 0.6 is 11.8 Å². The van der Waals surface area contributed by atoms with Crippen LogP contribution < -0.4 is 4.74 Å². The fourth-order valence-corrected chi connectivity index (χ4v) is 6.37. The zero-order valence-corrected chi connectivity index (χ0v) is 18.4. The first-order chi connectivity index (χ1) is 14.0. The molecule has 3 aliphatic rings. The summed E-state index contributed by atoms with van der Waals surface area (Å²) in [5.74, 6) is 2.67. The summed E-state index contributed by atoms with van der Waals surface area (Å²) in [7, 11) is 0. The minimum atomic E-state index is -0.250. The number of amides is 2. The van der Waals surface area contributed by atoms with Crippen molar-refractivity contribution in [3.63, 3.8) is 0 Å². The average molecular weight is 417 g/mol. The molecule has 158 valence electrons. The smallest absolute Gasteiger partial charge is 0.246 e. The van der Waals surface area contributed by atoms with E-state index in [9.17, 15) is 9.59 Å². The molecule has 1 aromatic carbocycles. The van der Waals surface area contributed by atoms with Crippen molar-refractivity contribution in [1.29, 1.82) is 0 Å². The molecule has 2 amide bonds. The van der Waals surface area contributed by atoms with E-state index in [2.05, 4.69) is 19.1 Å². The molecular weight excluding hydrogens is 384 g/mol. The Labute approximate surface area is 178 Å². The number of hydrogen-bond acceptors (Lipinski definition) is 4. The highest BCUT2D eigenvalue weighted by atomic mass is 32.2. The molecule has 6 heteroatoms. The third-order valence-corrected chi connectivity index (χ3v) is 8.24. The molecule has 0 saturated carbocycles. The molecule has 0 unspecified atom stereocenters. The van der Waals surface area contributed by atoms with Gasteiger partial charge in [0.1, 0.15) is 11.8 Å². The van der Waals surface area contributed by atoms with E-state index in [1.807, 2.05) is 28.9 Å². The number of aryl methyl sites for hydroxylation is 1. The summed E-state index contributed by atoms with van der Waals surface area (Å²) in [5, 5.41) is 0. The molecule has 0 bridgehead atoms. The van der Waals surface area contributed by atoms with Crippen molar-refractivity contribution in [2.45, 2.75) is 63.3 Å². The van der Waals surface area contributed by atoms with Crippen LogP contribution in [0.1, 0.15) is 51.5 Å². The zero-order valence-electron chi connectivity index (χ0n) is 17.6. The number of carbonyl (C=O) groups excluding carboxylic acids is 2. The summed E-state index contributed by atoms with van der Waals surface area (Å²) in [4.78, 5) is 29.2. The van der Waals surface area contributed by atoms with Gasteiger partial charge in [-0.2, -0.15) is 0 Å². The quantitative estimate of drug-likeness (QED) is 0.709. The van der Waals surface area contributed by atoms with Crippen LogP contribution in [0.5, 0.6) is 5.75 Å². The van der Waals surface area contributed by atoms with E-state index < -0.39 is 0 Å². The Bertz CT molecular complexity index is 745. The molecule has 0 N–H and O–H groups in total. The van der Waals surface area contributed by atoms with Gasteiger partial charge >= 0.3 is 0 Å². The SMILES string of the molecule is CCOc1ccc(CCC2CCN(C(=O)[C@H]3CS[C@@]4(C)CCC(=O)N34)CC2)cc1. The summed E-state index contributed by atoms with van der Waals surface area (Å²) in [6.45, 7) is 6.46. The van der Waals surface area contributed by atoms with Gasteiger partial charge in [0.05, 0.1) is 11.5 Å². The number of benzene rings is 1. The number of likely N-dealkylation sites (tertiary alicyclic amines) is 1. The molecule has 0 spiro atoms. The molecular formula is C23H32N2O3S. The van der Waals surface area contributed by atoms with Gasteiger partial charge in [-0.05, 0) is 69.6 Å². The van der Waals surface area contributed by atoms with E-state index in [-0.39, 0.29) is 22.7 Å². The predicted octanol–water partition coefficient (Wildman–Crippen LogP) is 3.71. The van der Waals surface area contributed by atoms with Crippen LogP contribution in [0.3, 0.4) is 0 Å². The predicted molar refractivity (Wildman–Crippen MR) is 116 cm³/mol. The van der Waals surface area contributed by atoms with Gasteiger partial charge in [0.2, 0.25) is 11.8 Å². The second-order valence-electron chi connectivity index (χ2n) is 8.65. The molecule has 2 atom stereocenters. The van der Waals surface area contributed by atoms with Crippen molar-refractivity contribution >= 4 is 23.6 Å². The Hall–Kier alpha value is -1.69. The topological polar surface area (TPSA) is 49.9 Å². The molecule has 3 fully saturated rings. The van der Waals surface area contributed by atoms with E-state index in [0.717, 1.165) is 56.7 Å². The van der Waals surface area contributed by atoms with Gasteiger partial charge < -0.3 is 14.5 Å². The summed E-state index contributed by atoms with van der Waals surface area (Å²) in [6.07, 6.45) is 5.82. The molecule has 4 rings (SSSR count). The lowest BCUT2D eigenvalue weighted by molar-refractivity contribution is -0.144. The highest BCUT2D eigenvalue weighted by Gasteiger charge is 2.53. The van der Waals surface area contributed by atoms with Crippen LogP contribution in [0.25, 0.3) is 0 Å². The van der Waals surface area contributed by atoms with Gasteiger partial charge in [-0.25, -0.2) is 0 Å². The van der Waals surface area contributed by atoms with E-state index in [1.165, 1.54) is 5.56 Å². The third kappa shape index (κ3) is 4.27. The minimum absolute atomic E-state index is 0.154. The lowest BCUT2D eigenvalue weighted by Gasteiger charge is -2.36. The normalized spacial score (nSPS) is 27.4. The number of nitrogens with zero attached hydrogens (tertiary/aromatic N) is 2. The highest BCUT2D eigenvalue weighted by molar-refractivity contribution is 8.01. The monoisotopic (exact) mass is 416 g/mol. The highest BCUT2D eigenvalue weighted by Crippen LogP contribution is 2.47. The van der Waals surface area contributed by atoms with Crippen LogP contribution in [0.2, 0.25) is 0 Å². The molecule has 1 aromatic rings. The number of hydrogen-bond donors (Lipinski definition) is 0. The van der Waals surface area contributed by atoms with Gasteiger partial charge in [0, 0.05) is 25.3 Å². The molecule has 3 heterocycles. The van der Waals surface area contributed by atoms with Crippen molar-refractivity contribution in [2.24, 2.45) is 5.92 Å². The number of carbonyl (C=O) groups is 2. The van der Waals surface area contributed by atoms with Crippen molar-refractivity contribution in [3.05, 3.63) is 29.8 Å². The number of fused-ring (bicyclic) bond motifs is 1.